The Balaban J connectivity index is 1.92. The SMILES string of the molecule is CCNCc1ccc(COc2ccc(F)cc2F)s1. The number of nitrogens with one attached hydrogen (secondary N) is 1. The highest BCUT2D eigenvalue weighted by Crippen LogP contribution is 2.22. The highest BCUT2D eigenvalue weighted by molar-refractivity contribution is 7.11. The van der Waals surface area contributed by atoms with Crippen LogP contribution in [0.5, 0.6) is 5.75 Å². The first-order valence-electron chi connectivity index (χ1n) is 6.05. The first-order valence-corrected chi connectivity index (χ1v) is 6.87. The van der Waals surface area contributed by atoms with Gasteiger partial charge >= 0.3 is 0 Å². The smallest absolute Gasteiger partial charge is 0.167 e. The fraction of sp³-hybridized carbons (Fsp3) is 0.286. The molecule has 1 aromatic heterocycles. The van der Waals surface area contributed by atoms with Crippen LogP contribution in [-0.2, 0) is 13.2 Å². The van der Waals surface area contributed by atoms with E-state index in [2.05, 4.69) is 12.2 Å². The standard InChI is InChI=1S/C14H15F2NOS/c1-2-17-8-11-4-5-12(19-11)9-18-14-6-3-10(15)7-13(14)16/h3-7,17H,2,8-9H2,1H3. The van der Waals surface area contributed by atoms with Gasteiger partial charge < -0.3 is 10.1 Å². The second kappa shape index (κ2) is 6.63. The maximum atomic E-state index is 13.4. The molecule has 0 aliphatic heterocycles. The average Bonchev–Trinajstić information content (AvgIpc) is 2.83. The Hall–Kier alpha value is -1.46. The van der Waals surface area contributed by atoms with Crippen molar-refractivity contribution in [1.29, 1.82) is 0 Å². The molecule has 2 nitrogen and oxygen atoms in total. The Morgan fingerprint density at radius 3 is 2.68 bits per heavy atom. The molecule has 0 unspecified atom stereocenters. The van der Waals surface area contributed by atoms with Gasteiger partial charge in [0.25, 0.3) is 0 Å². The zero-order valence-corrected chi connectivity index (χ0v) is 11.4. The van der Waals surface area contributed by atoms with Crippen molar-refractivity contribution >= 4 is 11.3 Å². The average molecular weight is 283 g/mol. The quantitative estimate of drug-likeness (QED) is 0.872. The Labute approximate surface area is 115 Å². The second-order valence-corrected chi connectivity index (χ2v) is 5.26. The molecule has 0 saturated heterocycles. The van der Waals surface area contributed by atoms with Crippen molar-refractivity contribution in [2.24, 2.45) is 0 Å². The normalized spacial score (nSPS) is 10.7. The van der Waals surface area contributed by atoms with Crippen molar-refractivity contribution in [3.05, 3.63) is 51.7 Å². The Bertz CT molecular complexity index is 542. The Kier molecular flexibility index (Phi) is 4.87. The minimum atomic E-state index is -0.676. The lowest BCUT2D eigenvalue weighted by Gasteiger charge is -2.05. The number of rotatable bonds is 6. The molecule has 0 fully saturated rings. The van der Waals surface area contributed by atoms with Crippen molar-refractivity contribution in [1.82, 2.24) is 5.32 Å². The zero-order valence-electron chi connectivity index (χ0n) is 10.6. The summed E-state index contributed by atoms with van der Waals surface area (Å²) < 4.78 is 31.4. The van der Waals surface area contributed by atoms with E-state index >= 15 is 0 Å². The van der Waals surface area contributed by atoms with Gasteiger partial charge in [0.15, 0.2) is 11.6 Å². The molecule has 0 bridgehead atoms. The van der Waals surface area contributed by atoms with Gasteiger partial charge in [-0.15, -0.1) is 11.3 Å². The lowest BCUT2D eigenvalue weighted by atomic mass is 10.3. The molecule has 0 aliphatic rings. The molecule has 0 radical (unpaired) electrons. The predicted molar refractivity (Wildman–Crippen MR) is 72.4 cm³/mol. The monoisotopic (exact) mass is 283 g/mol. The lowest BCUT2D eigenvalue weighted by Crippen LogP contribution is -2.10. The van der Waals surface area contributed by atoms with Crippen LogP contribution in [0.25, 0.3) is 0 Å². The highest BCUT2D eigenvalue weighted by Gasteiger charge is 2.06. The predicted octanol–water partition coefficient (Wildman–Crippen LogP) is 3.71. The summed E-state index contributed by atoms with van der Waals surface area (Å²) in [6.07, 6.45) is 0. The number of benzene rings is 1. The molecule has 102 valence electrons. The van der Waals surface area contributed by atoms with Crippen molar-refractivity contribution < 1.29 is 13.5 Å². The van der Waals surface area contributed by atoms with Crippen LogP contribution in [0, 0.1) is 11.6 Å². The lowest BCUT2D eigenvalue weighted by molar-refractivity contribution is 0.292. The molecule has 2 rings (SSSR count). The van der Waals surface area contributed by atoms with Gasteiger partial charge in [-0.25, -0.2) is 8.78 Å². The summed E-state index contributed by atoms with van der Waals surface area (Å²) >= 11 is 1.62. The molecular weight excluding hydrogens is 268 g/mol. The van der Waals surface area contributed by atoms with Crippen LogP contribution < -0.4 is 10.1 Å². The van der Waals surface area contributed by atoms with Gasteiger partial charge in [-0.2, -0.15) is 0 Å². The Morgan fingerprint density at radius 2 is 1.95 bits per heavy atom. The zero-order chi connectivity index (χ0) is 13.7. The van der Waals surface area contributed by atoms with Gasteiger partial charge in [-0.3, -0.25) is 0 Å². The minimum Gasteiger partial charge on any atom is -0.485 e. The van der Waals surface area contributed by atoms with E-state index in [0.717, 1.165) is 24.0 Å². The van der Waals surface area contributed by atoms with E-state index in [4.69, 9.17) is 4.74 Å². The van der Waals surface area contributed by atoms with Gasteiger partial charge in [0.05, 0.1) is 0 Å². The fourth-order valence-corrected chi connectivity index (χ4v) is 2.49. The molecule has 0 aliphatic carbocycles. The molecule has 1 N–H and O–H groups in total. The van der Waals surface area contributed by atoms with Crippen LogP contribution in [0.1, 0.15) is 16.7 Å². The van der Waals surface area contributed by atoms with Crippen molar-refractivity contribution in [3.63, 3.8) is 0 Å². The molecule has 0 spiro atoms. The summed E-state index contributed by atoms with van der Waals surface area (Å²) in [7, 11) is 0. The molecule has 2 aromatic rings. The maximum Gasteiger partial charge on any atom is 0.167 e. The van der Waals surface area contributed by atoms with E-state index < -0.39 is 11.6 Å². The summed E-state index contributed by atoms with van der Waals surface area (Å²) in [5.74, 6) is -1.21. The summed E-state index contributed by atoms with van der Waals surface area (Å²) in [6.45, 7) is 4.09. The molecule has 1 aromatic carbocycles. The van der Waals surface area contributed by atoms with Crippen LogP contribution in [0.2, 0.25) is 0 Å². The van der Waals surface area contributed by atoms with Crippen molar-refractivity contribution in [2.45, 2.75) is 20.1 Å². The summed E-state index contributed by atoms with van der Waals surface area (Å²) in [5, 5.41) is 3.23. The van der Waals surface area contributed by atoms with Gasteiger partial charge in [-0.1, -0.05) is 6.92 Å². The van der Waals surface area contributed by atoms with Crippen molar-refractivity contribution in [3.8, 4) is 5.75 Å². The van der Waals surface area contributed by atoms with Crippen LogP contribution >= 0.6 is 11.3 Å². The fourth-order valence-electron chi connectivity index (χ4n) is 1.58. The molecule has 1 heterocycles. The van der Waals surface area contributed by atoms with Gasteiger partial charge in [-0.05, 0) is 30.8 Å². The van der Waals surface area contributed by atoms with Gasteiger partial charge in [0, 0.05) is 22.4 Å². The largest absolute Gasteiger partial charge is 0.485 e. The maximum absolute atomic E-state index is 13.4. The number of ether oxygens (including phenoxy) is 1. The van der Waals surface area contributed by atoms with Gasteiger partial charge in [0.1, 0.15) is 12.4 Å². The van der Waals surface area contributed by atoms with Crippen molar-refractivity contribution in [2.75, 3.05) is 6.54 Å². The number of hydrogen-bond acceptors (Lipinski definition) is 3. The molecular formula is C14H15F2NOS. The van der Waals surface area contributed by atoms with Gasteiger partial charge in [0.2, 0.25) is 0 Å². The molecule has 19 heavy (non-hydrogen) atoms. The number of thiophene rings is 1. The summed E-state index contributed by atoms with van der Waals surface area (Å²) in [5.41, 5.74) is 0. The topological polar surface area (TPSA) is 21.3 Å². The third-order valence-corrected chi connectivity index (χ3v) is 3.59. The first kappa shape index (κ1) is 14.0. The van der Waals surface area contributed by atoms with E-state index in [0.29, 0.717) is 6.61 Å². The van der Waals surface area contributed by atoms with Crippen LogP contribution in [0.4, 0.5) is 8.78 Å². The van der Waals surface area contributed by atoms with Crippen LogP contribution in [0.15, 0.2) is 30.3 Å². The summed E-state index contributed by atoms with van der Waals surface area (Å²) in [6, 6.07) is 7.29. The third kappa shape index (κ3) is 4.01. The molecule has 0 amide bonds. The van der Waals surface area contributed by atoms with Crippen LogP contribution in [0.3, 0.4) is 0 Å². The molecule has 0 atom stereocenters. The van der Waals surface area contributed by atoms with E-state index in [9.17, 15) is 8.78 Å². The van der Waals surface area contributed by atoms with E-state index in [-0.39, 0.29) is 5.75 Å². The Morgan fingerprint density at radius 1 is 1.16 bits per heavy atom. The van der Waals surface area contributed by atoms with E-state index in [1.165, 1.54) is 17.0 Å². The summed E-state index contributed by atoms with van der Waals surface area (Å²) in [4.78, 5) is 2.22. The minimum absolute atomic E-state index is 0.0723. The second-order valence-electron chi connectivity index (χ2n) is 4.01. The first-order chi connectivity index (χ1) is 9.19. The third-order valence-electron chi connectivity index (χ3n) is 2.53. The molecule has 5 heteroatoms. The number of hydrogen-bond donors (Lipinski definition) is 1. The highest BCUT2D eigenvalue weighted by atomic mass is 32.1. The van der Waals surface area contributed by atoms with E-state index in [1.54, 1.807) is 11.3 Å². The van der Waals surface area contributed by atoms with E-state index in [1.807, 2.05) is 12.1 Å². The van der Waals surface area contributed by atoms with Crippen LogP contribution in [-0.4, -0.2) is 6.54 Å². The molecule has 0 saturated carbocycles. The number of halogens is 2.